The lowest BCUT2D eigenvalue weighted by Gasteiger charge is -2.36. The molecule has 1 aromatic heterocycles. The Morgan fingerprint density at radius 1 is 1.50 bits per heavy atom. The Morgan fingerprint density at radius 2 is 2.22 bits per heavy atom. The maximum atomic E-state index is 10.5. The molecule has 0 amide bonds. The Hall–Kier alpha value is -0.870. The molecule has 0 aromatic carbocycles. The van der Waals surface area contributed by atoms with E-state index >= 15 is 0 Å². The first kappa shape index (κ1) is 13.6. The summed E-state index contributed by atoms with van der Waals surface area (Å²) in [6.45, 7) is 3.65. The summed E-state index contributed by atoms with van der Waals surface area (Å²) < 4.78 is 2.00. The van der Waals surface area contributed by atoms with Gasteiger partial charge in [-0.05, 0) is 31.6 Å². The van der Waals surface area contributed by atoms with Gasteiger partial charge in [-0.15, -0.1) is 0 Å². The summed E-state index contributed by atoms with van der Waals surface area (Å²) in [6.07, 6.45) is 9.18. The smallest absolute Gasteiger partial charge is 0.122 e. The van der Waals surface area contributed by atoms with Crippen LogP contribution in [-0.4, -0.2) is 26.8 Å². The van der Waals surface area contributed by atoms with Gasteiger partial charge in [-0.2, -0.15) is 0 Å². The molecular formula is C14H25N3O. The molecule has 1 fully saturated rings. The van der Waals surface area contributed by atoms with Gasteiger partial charge >= 0.3 is 0 Å². The van der Waals surface area contributed by atoms with E-state index in [1.165, 1.54) is 6.42 Å². The predicted octanol–water partition coefficient (Wildman–Crippen LogP) is 1.84. The summed E-state index contributed by atoms with van der Waals surface area (Å²) in [7, 11) is 1.99. The number of imidazole rings is 1. The lowest BCUT2D eigenvalue weighted by Crippen LogP contribution is -2.43. The number of nitrogens with one attached hydrogen (secondary N) is 1. The van der Waals surface area contributed by atoms with Crippen LogP contribution in [0.1, 0.15) is 44.9 Å². The van der Waals surface area contributed by atoms with Crippen molar-refractivity contribution in [1.82, 2.24) is 14.9 Å². The highest BCUT2D eigenvalue weighted by atomic mass is 16.3. The first-order valence-corrected chi connectivity index (χ1v) is 7.02. The van der Waals surface area contributed by atoms with Crippen molar-refractivity contribution in [2.75, 3.05) is 6.54 Å². The van der Waals surface area contributed by atoms with Crippen LogP contribution in [0.2, 0.25) is 0 Å². The Morgan fingerprint density at radius 3 is 2.78 bits per heavy atom. The van der Waals surface area contributed by atoms with Crippen molar-refractivity contribution in [3.63, 3.8) is 0 Å². The molecule has 1 aliphatic carbocycles. The molecule has 0 atom stereocenters. The van der Waals surface area contributed by atoms with Gasteiger partial charge in [0.15, 0.2) is 0 Å². The molecule has 0 aliphatic heterocycles. The molecule has 2 rings (SSSR count). The van der Waals surface area contributed by atoms with Crippen LogP contribution in [-0.2, 0) is 13.6 Å². The van der Waals surface area contributed by atoms with Gasteiger partial charge in [0.1, 0.15) is 5.82 Å². The van der Waals surface area contributed by atoms with Crippen molar-refractivity contribution in [2.45, 2.75) is 51.2 Å². The zero-order chi connectivity index (χ0) is 13.0. The average Bonchev–Trinajstić information content (AvgIpc) is 2.76. The quantitative estimate of drug-likeness (QED) is 0.839. The van der Waals surface area contributed by atoms with Crippen LogP contribution in [0.5, 0.6) is 0 Å². The topological polar surface area (TPSA) is 50.1 Å². The van der Waals surface area contributed by atoms with Crippen molar-refractivity contribution in [1.29, 1.82) is 0 Å². The number of hydrogen-bond acceptors (Lipinski definition) is 3. The fourth-order valence-electron chi connectivity index (χ4n) is 2.77. The molecule has 0 radical (unpaired) electrons. The average molecular weight is 251 g/mol. The predicted molar refractivity (Wildman–Crippen MR) is 72.1 cm³/mol. The third-order valence-corrected chi connectivity index (χ3v) is 4.27. The third kappa shape index (κ3) is 3.33. The molecule has 1 aromatic rings. The van der Waals surface area contributed by atoms with Crippen LogP contribution in [0.3, 0.4) is 0 Å². The number of rotatable bonds is 5. The fraction of sp³-hybridized carbons (Fsp3) is 0.786. The van der Waals surface area contributed by atoms with Gasteiger partial charge < -0.3 is 15.0 Å². The van der Waals surface area contributed by atoms with E-state index in [4.69, 9.17) is 0 Å². The molecule has 0 saturated heterocycles. The second kappa shape index (κ2) is 5.85. The standard InChI is InChI=1S/C14H25N3O/c1-3-12-4-6-14(18,7-5-12)11-15-10-13-16-8-9-17(13)2/h8-9,12,15,18H,3-7,10-11H2,1-2H3. The van der Waals surface area contributed by atoms with Crippen LogP contribution < -0.4 is 5.32 Å². The van der Waals surface area contributed by atoms with Gasteiger partial charge in [-0.3, -0.25) is 0 Å². The molecule has 0 unspecified atom stereocenters. The summed E-state index contributed by atoms with van der Waals surface area (Å²) in [5.74, 6) is 1.83. The summed E-state index contributed by atoms with van der Waals surface area (Å²) >= 11 is 0. The minimum absolute atomic E-state index is 0.503. The van der Waals surface area contributed by atoms with Crippen LogP contribution in [0.15, 0.2) is 12.4 Å². The highest BCUT2D eigenvalue weighted by Gasteiger charge is 2.32. The highest BCUT2D eigenvalue weighted by molar-refractivity contribution is 4.92. The minimum atomic E-state index is -0.503. The zero-order valence-electron chi connectivity index (χ0n) is 11.5. The fourth-order valence-corrected chi connectivity index (χ4v) is 2.77. The van der Waals surface area contributed by atoms with Crippen molar-refractivity contribution >= 4 is 0 Å². The molecular weight excluding hydrogens is 226 g/mol. The maximum absolute atomic E-state index is 10.5. The number of nitrogens with zero attached hydrogens (tertiary/aromatic N) is 2. The Balaban J connectivity index is 1.75. The molecule has 0 spiro atoms. The van der Waals surface area contributed by atoms with E-state index in [2.05, 4.69) is 17.2 Å². The van der Waals surface area contributed by atoms with Crippen molar-refractivity contribution in [2.24, 2.45) is 13.0 Å². The van der Waals surface area contributed by atoms with E-state index in [0.29, 0.717) is 6.54 Å². The number of aromatic nitrogens is 2. The number of aliphatic hydroxyl groups is 1. The van der Waals surface area contributed by atoms with Gasteiger partial charge in [0.25, 0.3) is 0 Å². The summed E-state index contributed by atoms with van der Waals surface area (Å²) in [5.41, 5.74) is -0.503. The molecule has 4 nitrogen and oxygen atoms in total. The lowest BCUT2D eigenvalue weighted by atomic mass is 9.78. The Kier molecular flexibility index (Phi) is 4.40. The number of aryl methyl sites for hydroxylation is 1. The molecule has 1 aliphatic rings. The van der Waals surface area contributed by atoms with Gasteiger partial charge in [-0.25, -0.2) is 4.98 Å². The van der Waals surface area contributed by atoms with Crippen LogP contribution in [0, 0.1) is 5.92 Å². The van der Waals surface area contributed by atoms with E-state index in [-0.39, 0.29) is 0 Å². The van der Waals surface area contributed by atoms with Gasteiger partial charge in [-0.1, -0.05) is 13.3 Å². The first-order valence-electron chi connectivity index (χ1n) is 7.02. The largest absolute Gasteiger partial charge is 0.389 e. The summed E-state index contributed by atoms with van der Waals surface area (Å²) in [5, 5.41) is 13.8. The minimum Gasteiger partial charge on any atom is -0.389 e. The maximum Gasteiger partial charge on any atom is 0.122 e. The SMILES string of the molecule is CCC1CCC(O)(CNCc2nccn2C)CC1. The van der Waals surface area contributed by atoms with Crippen LogP contribution >= 0.6 is 0 Å². The molecule has 1 heterocycles. The Labute approximate surface area is 109 Å². The van der Waals surface area contributed by atoms with Crippen LogP contribution in [0.4, 0.5) is 0 Å². The third-order valence-electron chi connectivity index (χ3n) is 4.27. The van der Waals surface area contributed by atoms with E-state index in [9.17, 15) is 5.11 Å². The monoisotopic (exact) mass is 251 g/mol. The van der Waals surface area contributed by atoms with Gasteiger partial charge in [0, 0.05) is 26.0 Å². The second-order valence-corrected chi connectivity index (χ2v) is 5.63. The number of hydrogen-bond donors (Lipinski definition) is 2. The van der Waals surface area contributed by atoms with E-state index in [0.717, 1.165) is 44.0 Å². The second-order valence-electron chi connectivity index (χ2n) is 5.63. The summed E-state index contributed by atoms with van der Waals surface area (Å²) in [4.78, 5) is 4.27. The molecule has 4 heteroatoms. The zero-order valence-corrected chi connectivity index (χ0v) is 11.5. The first-order chi connectivity index (χ1) is 8.63. The normalized spacial score (nSPS) is 28.5. The van der Waals surface area contributed by atoms with E-state index in [1.54, 1.807) is 6.20 Å². The molecule has 1 saturated carbocycles. The van der Waals surface area contributed by atoms with Crippen molar-refractivity contribution in [3.05, 3.63) is 18.2 Å². The van der Waals surface area contributed by atoms with Crippen molar-refractivity contribution < 1.29 is 5.11 Å². The van der Waals surface area contributed by atoms with E-state index < -0.39 is 5.60 Å². The molecule has 18 heavy (non-hydrogen) atoms. The van der Waals surface area contributed by atoms with Gasteiger partial charge in [0.2, 0.25) is 0 Å². The van der Waals surface area contributed by atoms with Crippen molar-refractivity contribution in [3.8, 4) is 0 Å². The highest BCUT2D eigenvalue weighted by Crippen LogP contribution is 2.33. The Bertz CT molecular complexity index is 367. The molecule has 0 bridgehead atoms. The van der Waals surface area contributed by atoms with Crippen LogP contribution in [0.25, 0.3) is 0 Å². The molecule has 102 valence electrons. The van der Waals surface area contributed by atoms with Gasteiger partial charge in [0.05, 0.1) is 12.1 Å². The lowest BCUT2D eigenvalue weighted by molar-refractivity contribution is -0.00895. The van der Waals surface area contributed by atoms with E-state index in [1.807, 2.05) is 17.8 Å². The molecule has 2 N–H and O–H groups in total. The summed E-state index contributed by atoms with van der Waals surface area (Å²) in [6, 6.07) is 0.